The van der Waals surface area contributed by atoms with Gasteiger partial charge in [0, 0.05) is 44.1 Å². The molecule has 2 N–H and O–H groups in total. The summed E-state index contributed by atoms with van der Waals surface area (Å²) in [4.78, 5) is 19.1. The summed E-state index contributed by atoms with van der Waals surface area (Å²) in [6.45, 7) is 3.87. The van der Waals surface area contributed by atoms with Gasteiger partial charge >= 0.3 is 0 Å². The van der Waals surface area contributed by atoms with E-state index in [2.05, 4.69) is 15.0 Å². The second kappa shape index (κ2) is 8.60. The molecule has 0 spiro atoms. The van der Waals surface area contributed by atoms with Crippen LogP contribution in [0.4, 0.5) is 0 Å². The smallest absolute Gasteiger partial charge is 0.254 e. The minimum atomic E-state index is -3.24. The lowest BCUT2D eigenvalue weighted by Gasteiger charge is -2.36. The Morgan fingerprint density at radius 2 is 2.07 bits per heavy atom. The lowest BCUT2D eigenvalue weighted by Crippen LogP contribution is -2.48. The van der Waals surface area contributed by atoms with Crippen LogP contribution < -0.4 is 10.0 Å². The van der Waals surface area contributed by atoms with Crippen molar-refractivity contribution in [2.45, 2.75) is 19.5 Å². The molecule has 27 heavy (non-hydrogen) atoms. The van der Waals surface area contributed by atoms with Crippen molar-refractivity contribution in [1.82, 2.24) is 19.9 Å². The number of nitrogens with one attached hydrogen (secondary N) is 2. The maximum Gasteiger partial charge on any atom is 0.254 e. The van der Waals surface area contributed by atoms with Crippen LogP contribution in [0.25, 0.3) is 0 Å². The fourth-order valence-electron chi connectivity index (χ4n) is 3.04. The SMILES string of the molecule is CCS(=O)(=O)NCc1ccc(C(=O)N2CCNCC2c2cccnc2)cc1. The molecular formula is C19H24N4O3S. The summed E-state index contributed by atoms with van der Waals surface area (Å²) >= 11 is 0. The Bertz CT molecular complexity index is 870. The number of rotatable bonds is 6. The van der Waals surface area contributed by atoms with Gasteiger partial charge in [-0.1, -0.05) is 18.2 Å². The highest BCUT2D eigenvalue weighted by molar-refractivity contribution is 7.89. The summed E-state index contributed by atoms with van der Waals surface area (Å²) in [6.07, 6.45) is 3.51. The molecule has 1 amide bonds. The average Bonchev–Trinajstić information content (AvgIpc) is 2.73. The molecule has 0 radical (unpaired) electrons. The average molecular weight is 388 g/mol. The molecule has 1 unspecified atom stereocenters. The Morgan fingerprint density at radius 3 is 2.74 bits per heavy atom. The number of sulfonamides is 1. The van der Waals surface area contributed by atoms with Gasteiger partial charge in [-0.15, -0.1) is 0 Å². The van der Waals surface area contributed by atoms with Crippen molar-refractivity contribution in [3.05, 3.63) is 65.5 Å². The molecule has 1 aromatic heterocycles. The molecule has 8 heteroatoms. The third-order valence-corrected chi connectivity index (χ3v) is 5.99. The Labute approximate surface area is 159 Å². The number of carbonyl (C=O) groups is 1. The summed E-state index contributed by atoms with van der Waals surface area (Å²) in [7, 11) is -3.24. The highest BCUT2D eigenvalue weighted by Crippen LogP contribution is 2.23. The topological polar surface area (TPSA) is 91.4 Å². The minimum Gasteiger partial charge on any atom is -0.329 e. The van der Waals surface area contributed by atoms with E-state index in [-0.39, 0.29) is 24.2 Å². The summed E-state index contributed by atoms with van der Waals surface area (Å²) in [5.41, 5.74) is 2.41. The molecule has 2 heterocycles. The highest BCUT2D eigenvalue weighted by atomic mass is 32.2. The normalized spacial score (nSPS) is 17.7. The first-order valence-corrected chi connectivity index (χ1v) is 10.6. The van der Waals surface area contributed by atoms with Crippen LogP contribution in [0.2, 0.25) is 0 Å². The van der Waals surface area contributed by atoms with Gasteiger partial charge in [-0.2, -0.15) is 0 Å². The zero-order chi connectivity index (χ0) is 19.3. The molecule has 0 aliphatic carbocycles. The fourth-order valence-corrected chi connectivity index (χ4v) is 3.64. The van der Waals surface area contributed by atoms with Gasteiger partial charge < -0.3 is 10.2 Å². The van der Waals surface area contributed by atoms with E-state index in [1.165, 1.54) is 0 Å². The second-order valence-corrected chi connectivity index (χ2v) is 8.52. The van der Waals surface area contributed by atoms with E-state index in [0.717, 1.165) is 17.7 Å². The van der Waals surface area contributed by atoms with Gasteiger partial charge in [0.05, 0.1) is 11.8 Å². The van der Waals surface area contributed by atoms with Crippen LogP contribution in [0.3, 0.4) is 0 Å². The van der Waals surface area contributed by atoms with Gasteiger partial charge in [0.25, 0.3) is 5.91 Å². The van der Waals surface area contributed by atoms with Crippen molar-refractivity contribution in [2.75, 3.05) is 25.4 Å². The standard InChI is InChI=1S/C19H24N4O3S/c1-2-27(25,26)22-12-15-5-7-16(8-6-15)19(24)23-11-10-21-14-18(23)17-4-3-9-20-13-17/h3-9,13,18,21-22H,2,10-12,14H2,1H3. The third kappa shape index (κ3) is 4.91. The zero-order valence-corrected chi connectivity index (χ0v) is 16.1. The van der Waals surface area contributed by atoms with Crippen molar-refractivity contribution in [1.29, 1.82) is 0 Å². The molecule has 7 nitrogen and oxygen atoms in total. The van der Waals surface area contributed by atoms with Crippen LogP contribution in [0.1, 0.15) is 34.5 Å². The number of carbonyl (C=O) groups excluding carboxylic acids is 1. The molecule has 1 atom stereocenters. The third-order valence-electron chi connectivity index (χ3n) is 4.65. The molecule has 1 aliphatic heterocycles. The molecule has 1 fully saturated rings. The Hall–Kier alpha value is -2.29. The number of aromatic nitrogens is 1. The second-order valence-electron chi connectivity index (χ2n) is 6.43. The van der Waals surface area contributed by atoms with E-state index in [9.17, 15) is 13.2 Å². The number of hydrogen-bond donors (Lipinski definition) is 2. The molecule has 0 saturated carbocycles. The van der Waals surface area contributed by atoms with E-state index in [4.69, 9.17) is 0 Å². The van der Waals surface area contributed by atoms with E-state index < -0.39 is 10.0 Å². The Balaban J connectivity index is 1.72. The lowest BCUT2D eigenvalue weighted by atomic mass is 10.0. The van der Waals surface area contributed by atoms with E-state index >= 15 is 0 Å². The van der Waals surface area contributed by atoms with Crippen molar-refractivity contribution >= 4 is 15.9 Å². The van der Waals surface area contributed by atoms with Crippen molar-refractivity contribution in [2.24, 2.45) is 0 Å². The van der Waals surface area contributed by atoms with E-state index in [1.807, 2.05) is 17.0 Å². The van der Waals surface area contributed by atoms with Crippen LogP contribution in [0.15, 0.2) is 48.8 Å². The Kier molecular flexibility index (Phi) is 6.20. The number of amides is 1. The number of benzene rings is 1. The lowest BCUT2D eigenvalue weighted by molar-refractivity contribution is 0.0634. The molecule has 3 rings (SSSR count). The highest BCUT2D eigenvalue weighted by Gasteiger charge is 2.28. The van der Waals surface area contributed by atoms with E-state index in [1.54, 1.807) is 43.6 Å². The summed E-state index contributed by atoms with van der Waals surface area (Å²) < 4.78 is 25.6. The van der Waals surface area contributed by atoms with E-state index in [0.29, 0.717) is 18.7 Å². The van der Waals surface area contributed by atoms with Gasteiger partial charge in [0.2, 0.25) is 10.0 Å². The summed E-state index contributed by atoms with van der Waals surface area (Å²) in [5.74, 6) is 0.00787. The Morgan fingerprint density at radius 1 is 1.30 bits per heavy atom. The van der Waals surface area contributed by atoms with Gasteiger partial charge in [0.15, 0.2) is 0 Å². The first kappa shape index (κ1) is 19.5. The minimum absolute atomic E-state index is 0.0361. The number of hydrogen-bond acceptors (Lipinski definition) is 5. The van der Waals surface area contributed by atoms with Crippen LogP contribution in [-0.2, 0) is 16.6 Å². The van der Waals surface area contributed by atoms with Gasteiger partial charge in [-0.3, -0.25) is 9.78 Å². The van der Waals surface area contributed by atoms with Crippen molar-refractivity contribution in [3.8, 4) is 0 Å². The van der Waals surface area contributed by atoms with Crippen molar-refractivity contribution < 1.29 is 13.2 Å². The monoisotopic (exact) mass is 388 g/mol. The molecule has 0 bridgehead atoms. The number of piperazine rings is 1. The van der Waals surface area contributed by atoms with Crippen LogP contribution >= 0.6 is 0 Å². The first-order valence-electron chi connectivity index (χ1n) is 8.98. The largest absolute Gasteiger partial charge is 0.329 e. The maximum absolute atomic E-state index is 13.0. The molecular weight excluding hydrogens is 364 g/mol. The number of nitrogens with zero attached hydrogens (tertiary/aromatic N) is 2. The maximum atomic E-state index is 13.0. The van der Waals surface area contributed by atoms with Gasteiger partial charge in [-0.25, -0.2) is 13.1 Å². The van der Waals surface area contributed by atoms with Crippen LogP contribution in [0, 0.1) is 0 Å². The molecule has 144 valence electrons. The van der Waals surface area contributed by atoms with Crippen LogP contribution in [-0.4, -0.2) is 49.6 Å². The van der Waals surface area contributed by atoms with Gasteiger partial charge in [-0.05, 0) is 36.2 Å². The summed E-state index contributed by atoms with van der Waals surface area (Å²) in [5, 5.41) is 3.33. The zero-order valence-electron chi connectivity index (χ0n) is 15.3. The molecule has 2 aromatic rings. The quantitative estimate of drug-likeness (QED) is 0.779. The fraction of sp³-hybridized carbons (Fsp3) is 0.368. The number of pyridine rings is 1. The van der Waals surface area contributed by atoms with Gasteiger partial charge in [0.1, 0.15) is 0 Å². The van der Waals surface area contributed by atoms with Crippen molar-refractivity contribution in [3.63, 3.8) is 0 Å². The predicted molar refractivity (Wildman–Crippen MR) is 104 cm³/mol. The molecule has 1 saturated heterocycles. The molecule has 1 aliphatic rings. The summed E-state index contributed by atoms with van der Waals surface area (Å²) in [6, 6.07) is 10.9. The first-order chi connectivity index (χ1) is 13.0. The predicted octanol–water partition coefficient (Wildman–Crippen LogP) is 1.31. The molecule has 1 aromatic carbocycles. The van der Waals surface area contributed by atoms with Crippen LogP contribution in [0.5, 0.6) is 0 Å².